The fourth-order valence-electron chi connectivity index (χ4n) is 2.20. The highest BCUT2D eigenvalue weighted by Crippen LogP contribution is 2.30. The SMILES string of the molecule is CCSc1cccc(NCC2CCCS2)c1C(=O)O. The summed E-state index contributed by atoms with van der Waals surface area (Å²) < 4.78 is 0. The lowest BCUT2D eigenvalue weighted by Gasteiger charge is -2.15. The van der Waals surface area contributed by atoms with Crippen molar-refractivity contribution in [2.24, 2.45) is 0 Å². The molecular weight excluding hydrogens is 278 g/mol. The van der Waals surface area contributed by atoms with Crippen molar-refractivity contribution in [3.05, 3.63) is 23.8 Å². The smallest absolute Gasteiger partial charge is 0.338 e. The van der Waals surface area contributed by atoms with Crippen molar-refractivity contribution in [3.63, 3.8) is 0 Å². The minimum absolute atomic E-state index is 0.414. The van der Waals surface area contributed by atoms with Crippen LogP contribution in [0.1, 0.15) is 30.1 Å². The van der Waals surface area contributed by atoms with E-state index in [0.717, 1.165) is 22.9 Å². The highest BCUT2D eigenvalue weighted by molar-refractivity contribution is 8.00. The van der Waals surface area contributed by atoms with Gasteiger partial charge in [-0.15, -0.1) is 11.8 Å². The van der Waals surface area contributed by atoms with Crippen LogP contribution in [0.3, 0.4) is 0 Å². The van der Waals surface area contributed by atoms with E-state index in [1.54, 1.807) is 11.8 Å². The van der Waals surface area contributed by atoms with Gasteiger partial charge in [0.15, 0.2) is 0 Å². The first-order valence-corrected chi connectivity index (χ1v) is 8.60. The van der Waals surface area contributed by atoms with E-state index in [1.807, 2.05) is 36.9 Å². The Labute approximate surface area is 122 Å². The summed E-state index contributed by atoms with van der Waals surface area (Å²) in [5.74, 6) is 1.25. The van der Waals surface area contributed by atoms with E-state index in [-0.39, 0.29) is 0 Å². The molecule has 1 aromatic rings. The lowest BCUT2D eigenvalue weighted by atomic mass is 10.1. The molecule has 5 heteroatoms. The van der Waals surface area contributed by atoms with Gasteiger partial charge in [-0.1, -0.05) is 13.0 Å². The molecule has 104 valence electrons. The second-order valence-corrected chi connectivity index (χ2v) is 7.15. The van der Waals surface area contributed by atoms with Gasteiger partial charge < -0.3 is 10.4 Å². The minimum atomic E-state index is -0.849. The molecule has 1 fully saturated rings. The Kier molecular flexibility index (Phi) is 5.45. The zero-order valence-corrected chi connectivity index (χ0v) is 12.6. The van der Waals surface area contributed by atoms with Crippen LogP contribution < -0.4 is 5.32 Å². The number of carbonyl (C=O) groups is 1. The summed E-state index contributed by atoms with van der Waals surface area (Å²) in [6.07, 6.45) is 2.50. The fourth-order valence-corrected chi connectivity index (χ4v) is 4.23. The first-order valence-electron chi connectivity index (χ1n) is 6.57. The molecule has 2 N–H and O–H groups in total. The number of carboxylic acids is 1. The molecule has 0 radical (unpaired) electrons. The maximum absolute atomic E-state index is 11.5. The van der Waals surface area contributed by atoms with Gasteiger partial charge in [-0.3, -0.25) is 0 Å². The standard InChI is InChI=1S/C14H19NO2S2/c1-2-18-12-7-3-6-11(13(12)14(16)17)15-9-10-5-4-8-19-10/h3,6-7,10,15H,2,4-5,8-9H2,1H3,(H,16,17). The molecule has 3 nitrogen and oxygen atoms in total. The van der Waals surface area contributed by atoms with Gasteiger partial charge in [0.2, 0.25) is 0 Å². The molecule has 0 saturated carbocycles. The van der Waals surface area contributed by atoms with Gasteiger partial charge in [-0.2, -0.15) is 11.8 Å². The summed E-state index contributed by atoms with van der Waals surface area (Å²) >= 11 is 3.55. The number of aromatic carboxylic acids is 1. The average Bonchev–Trinajstić information content (AvgIpc) is 2.89. The number of hydrogen-bond donors (Lipinski definition) is 2. The first-order chi connectivity index (χ1) is 9.22. The van der Waals surface area contributed by atoms with Crippen LogP contribution >= 0.6 is 23.5 Å². The van der Waals surface area contributed by atoms with E-state index in [0.29, 0.717) is 10.8 Å². The van der Waals surface area contributed by atoms with Crippen LogP contribution in [0.2, 0.25) is 0 Å². The summed E-state index contributed by atoms with van der Waals surface area (Å²) in [5, 5.41) is 13.3. The number of anilines is 1. The lowest BCUT2D eigenvalue weighted by Crippen LogP contribution is -2.16. The maximum Gasteiger partial charge on any atom is 0.338 e. The molecule has 0 aromatic heterocycles. The van der Waals surface area contributed by atoms with Crippen LogP contribution in [0.4, 0.5) is 5.69 Å². The first kappa shape index (κ1) is 14.6. The summed E-state index contributed by atoms with van der Waals surface area (Å²) in [5.41, 5.74) is 1.16. The van der Waals surface area contributed by atoms with Crippen LogP contribution in [0.15, 0.2) is 23.1 Å². The van der Waals surface area contributed by atoms with Crippen molar-refractivity contribution in [1.82, 2.24) is 0 Å². The highest BCUT2D eigenvalue weighted by atomic mass is 32.2. The molecule has 0 aliphatic carbocycles. The number of benzene rings is 1. The van der Waals surface area contributed by atoms with Crippen molar-refractivity contribution in [1.29, 1.82) is 0 Å². The molecule has 1 aliphatic rings. The van der Waals surface area contributed by atoms with Crippen LogP contribution in [-0.4, -0.2) is 34.4 Å². The lowest BCUT2D eigenvalue weighted by molar-refractivity contribution is 0.0694. The summed E-state index contributed by atoms with van der Waals surface area (Å²) in [6.45, 7) is 2.89. The number of nitrogens with one attached hydrogen (secondary N) is 1. The number of thioether (sulfide) groups is 2. The molecule has 1 aromatic carbocycles. The van der Waals surface area contributed by atoms with Crippen molar-refractivity contribution >= 4 is 35.2 Å². The predicted molar refractivity (Wildman–Crippen MR) is 83.8 cm³/mol. The molecule has 2 rings (SSSR count). The predicted octanol–water partition coefficient (Wildman–Crippen LogP) is 3.80. The molecule has 1 aliphatic heterocycles. The molecule has 0 bridgehead atoms. The normalized spacial score (nSPS) is 18.5. The molecule has 1 unspecified atom stereocenters. The van der Waals surface area contributed by atoms with Gasteiger partial charge >= 0.3 is 5.97 Å². The third kappa shape index (κ3) is 3.83. The Morgan fingerprint density at radius 1 is 1.58 bits per heavy atom. The van der Waals surface area contributed by atoms with Crippen LogP contribution in [0.5, 0.6) is 0 Å². The fraction of sp³-hybridized carbons (Fsp3) is 0.500. The quantitative estimate of drug-likeness (QED) is 0.782. The Bertz CT molecular complexity index is 445. The third-order valence-corrected chi connectivity index (χ3v) is 5.42. The van der Waals surface area contributed by atoms with E-state index >= 15 is 0 Å². The number of rotatable bonds is 6. The summed E-state index contributed by atoms with van der Waals surface area (Å²) in [6, 6.07) is 5.67. The van der Waals surface area contributed by atoms with E-state index in [4.69, 9.17) is 0 Å². The number of carboxylic acid groups (broad SMARTS) is 1. The van der Waals surface area contributed by atoms with E-state index in [1.165, 1.54) is 18.6 Å². The molecular formula is C14H19NO2S2. The highest BCUT2D eigenvalue weighted by Gasteiger charge is 2.18. The maximum atomic E-state index is 11.5. The topological polar surface area (TPSA) is 49.3 Å². The van der Waals surface area contributed by atoms with Crippen molar-refractivity contribution < 1.29 is 9.90 Å². The minimum Gasteiger partial charge on any atom is -0.478 e. The van der Waals surface area contributed by atoms with Gasteiger partial charge in [0, 0.05) is 22.4 Å². The molecule has 0 spiro atoms. The summed E-state index contributed by atoms with van der Waals surface area (Å²) in [4.78, 5) is 12.3. The molecule has 1 heterocycles. The Morgan fingerprint density at radius 3 is 3.05 bits per heavy atom. The molecule has 1 saturated heterocycles. The van der Waals surface area contributed by atoms with Gasteiger partial charge in [0.1, 0.15) is 0 Å². The second-order valence-electron chi connectivity index (χ2n) is 4.43. The van der Waals surface area contributed by atoms with Gasteiger partial charge in [-0.05, 0) is 36.5 Å². The third-order valence-electron chi connectivity index (χ3n) is 3.08. The van der Waals surface area contributed by atoms with Gasteiger partial charge in [0.05, 0.1) is 5.56 Å². The second kappa shape index (κ2) is 7.10. The van der Waals surface area contributed by atoms with Crippen LogP contribution in [-0.2, 0) is 0 Å². The van der Waals surface area contributed by atoms with E-state index in [2.05, 4.69) is 5.32 Å². The molecule has 19 heavy (non-hydrogen) atoms. The zero-order valence-electron chi connectivity index (χ0n) is 11.0. The van der Waals surface area contributed by atoms with Crippen LogP contribution in [0.25, 0.3) is 0 Å². The van der Waals surface area contributed by atoms with Crippen molar-refractivity contribution in [2.75, 3.05) is 23.4 Å². The largest absolute Gasteiger partial charge is 0.478 e. The Morgan fingerprint density at radius 2 is 2.42 bits per heavy atom. The Hall–Kier alpha value is -0.810. The molecule has 0 amide bonds. The monoisotopic (exact) mass is 297 g/mol. The summed E-state index contributed by atoms with van der Waals surface area (Å²) in [7, 11) is 0. The van der Waals surface area contributed by atoms with E-state index in [9.17, 15) is 9.90 Å². The van der Waals surface area contributed by atoms with Gasteiger partial charge in [-0.25, -0.2) is 4.79 Å². The van der Waals surface area contributed by atoms with Crippen LogP contribution in [0, 0.1) is 0 Å². The van der Waals surface area contributed by atoms with Crippen molar-refractivity contribution in [2.45, 2.75) is 29.9 Å². The number of hydrogen-bond acceptors (Lipinski definition) is 4. The Balaban J connectivity index is 2.13. The van der Waals surface area contributed by atoms with Gasteiger partial charge in [0.25, 0.3) is 0 Å². The van der Waals surface area contributed by atoms with E-state index < -0.39 is 5.97 Å². The average molecular weight is 297 g/mol. The molecule has 1 atom stereocenters. The zero-order chi connectivity index (χ0) is 13.7. The van der Waals surface area contributed by atoms with Crippen molar-refractivity contribution in [3.8, 4) is 0 Å².